The highest BCUT2D eigenvalue weighted by molar-refractivity contribution is 6.37. The Balaban J connectivity index is 1.69. The number of nitrogens with zero attached hydrogens (tertiary/aromatic N) is 2. The van der Waals surface area contributed by atoms with Crippen molar-refractivity contribution >= 4 is 46.4 Å². The molecule has 2 aliphatic heterocycles. The molecule has 3 aliphatic rings. The predicted octanol–water partition coefficient (Wildman–Crippen LogP) is 2.34. The Kier molecular flexibility index (Phi) is 3.52. The molecule has 2 heterocycles. The highest BCUT2D eigenvalue weighted by Gasteiger charge is 2.96. The predicted molar refractivity (Wildman–Crippen MR) is 119 cm³/mol. The van der Waals surface area contributed by atoms with Crippen LogP contribution in [-0.2, 0) is 19.2 Å². The smallest absolute Gasteiger partial charge is 0.241 e. The van der Waals surface area contributed by atoms with Crippen molar-refractivity contribution in [3.05, 3.63) is 48.5 Å². The number of anilines is 4. The van der Waals surface area contributed by atoms with Gasteiger partial charge in [-0.1, -0.05) is 0 Å². The number of imide groups is 2. The van der Waals surface area contributed by atoms with Crippen molar-refractivity contribution in [2.24, 2.45) is 21.7 Å². The van der Waals surface area contributed by atoms with Crippen molar-refractivity contribution in [2.75, 3.05) is 21.3 Å². The first-order valence-electron chi connectivity index (χ1n) is 10.4. The quantitative estimate of drug-likeness (QED) is 0.554. The maximum absolute atomic E-state index is 13.8. The molecule has 8 heteroatoms. The number of nitrogens with two attached hydrogens (primary N) is 2. The van der Waals surface area contributed by atoms with Gasteiger partial charge in [0.25, 0.3) is 0 Å². The zero-order valence-electron chi connectivity index (χ0n) is 18.3. The molecule has 4 amide bonds. The zero-order chi connectivity index (χ0) is 23.4. The van der Waals surface area contributed by atoms with Crippen LogP contribution >= 0.6 is 0 Å². The standard InChI is InChI=1S/C24H24N4O4/c1-21-17(29)27(15-9-5-13(25)6-10-15)18(30)22(21,2)24(4)20(32)28(19(31)23(21,24)3)16-11-7-14(26)8-12-16/h5-12H,25-26H2,1-4H3. The minimum atomic E-state index is -1.40. The summed E-state index contributed by atoms with van der Waals surface area (Å²) in [6.07, 6.45) is 0. The van der Waals surface area contributed by atoms with Crippen LogP contribution in [0.25, 0.3) is 0 Å². The summed E-state index contributed by atoms with van der Waals surface area (Å²) in [6, 6.07) is 12.8. The Bertz CT molecular complexity index is 1070. The van der Waals surface area contributed by atoms with Crippen molar-refractivity contribution in [3.63, 3.8) is 0 Å². The Morgan fingerprint density at radius 1 is 0.500 bits per heavy atom. The molecule has 164 valence electrons. The van der Waals surface area contributed by atoms with Crippen LogP contribution in [0.4, 0.5) is 22.7 Å². The number of nitrogen functional groups attached to an aromatic ring is 2. The molecule has 3 fully saturated rings. The number of carbonyl (C=O) groups excluding carboxylic acids is 4. The average Bonchev–Trinajstić information content (AvgIpc) is 3.01. The maximum atomic E-state index is 13.8. The lowest BCUT2D eigenvalue weighted by atomic mass is 9.27. The molecule has 0 atom stereocenters. The van der Waals surface area contributed by atoms with Gasteiger partial charge in [-0.15, -0.1) is 0 Å². The molecule has 0 unspecified atom stereocenters. The third-order valence-electron chi connectivity index (χ3n) is 8.83. The molecule has 2 aromatic rings. The van der Waals surface area contributed by atoms with Crippen LogP contribution in [0.1, 0.15) is 27.7 Å². The Hall–Kier alpha value is -3.68. The number of fused-ring (bicyclic) bond motifs is 4. The van der Waals surface area contributed by atoms with E-state index in [-0.39, 0.29) is 0 Å². The Labute approximate surface area is 185 Å². The van der Waals surface area contributed by atoms with Gasteiger partial charge in [0.2, 0.25) is 23.6 Å². The zero-order valence-corrected chi connectivity index (χ0v) is 18.3. The van der Waals surface area contributed by atoms with Gasteiger partial charge in [0, 0.05) is 11.4 Å². The van der Waals surface area contributed by atoms with E-state index in [1.54, 1.807) is 76.2 Å². The second kappa shape index (κ2) is 5.56. The van der Waals surface area contributed by atoms with E-state index in [0.717, 1.165) is 9.80 Å². The normalized spacial score (nSPS) is 35.8. The van der Waals surface area contributed by atoms with Gasteiger partial charge in [-0.25, -0.2) is 9.80 Å². The highest BCUT2D eigenvalue weighted by Crippen LogP contribution is 2.84. The minimum Gasteiger partial charge on any atom is -0.399 e. The Morgan fingerprint density at radius 3 is 0.938 bits per heavy atom. The summed E-state index contributed by atoms with van der Waals surface area (Å²) < 4.78 is 0. The minimum absolute atomic E-state index is 0.367. The van der Waals surface area contributed by atoms with Crippen molar-refractivity contribution < 1.29 is 19.2 Å². The lowest BCUT2D eigenvalue weighted by Gasteiger charge is -2.67. The fourth-order valence-electron chi connectivity index (χ4n) is 6.44. The third-order valence-corrected chi connectivity index (χ3v) is 8.83. The maximum Gasteiger partial charge on any atom is 0.241 e. The topological polar surface area (TPSA) is 127 Å². The molecular weight excluding hydrogens is 408 g/mol. The van der Waals surface area contributed by atoms with Gasteiger partial charge in [-0.2, -0.15) is 0 Å². The first kappa shape index (κ1) is 20.2. The third kappa shape index (κ3) is 1.68. The van der Waals surface area contributed by atoms with Crippen LogP contribution in [-0.4, -0.2) is 23.6 Å². The molecule has 32 heavy (non-hydrogen) atoms. The molecule has 2 aromatic carbocycles. The van der Waals surface area contributed by atoms with E-state index in [9.17, 15) is 19.2 Å². The van der Waals surface area contributed by atoms with Gasteiger partial charge in [-0.05, 0) is 76.2 Å². The fraction of sp³-hybridized carbons (Fsp3) is 0.333. The van der Waals surface area contributed by atoms with Crippen molar-refractivity contribution in [1.82, 2.24) is 0 Å². The van der Waals surface area contributed by atoms with E-state index in [0.29, 0.717) is 22.7 Å². The largest absolute Gasteiger partial charge is 0.399 e. The number of rotatable bonds is 2. The molecule has 0 radical (unpaired) electrons. The second-order valence-electron chi connectivity index (χ2n) is 9.57. The van der Waals surface area contributed by atoms with E-state index in [1.807, 2.05) is 0 Å². The molecule has 0 spiro atoms. The van der Waals surface area contributed by atoms with Gasteiger partial charge in [0.1, 0.15) is 0 Å². The molecule has 0 aromatic heterocycles. The molecule has 4 N–H and O–H groups in total. The number of benzene rings is 2. The van der Waals surface area contributed by atoms with Crippen molar-refractivity contribution in [2.45, 2.75) is 27.7 Å². The summed E-state index contributed by atoms with van der Waals surface area (Å²) in [5, 5.41) is 0. The lowest BCUT2D eigenvalue weighted by Crippen LogP contribution is -2.77. The molecular formula is C24H24N4O4. The fourth-order valence-corrected chi connectivity index (χ4v) is 6.44. The summed E-state index contributed by atoms with van der Waals surface area (Å²) in [4.78, 5) is 57.4. The summed E-state index contributed by atoms with van der Waals surface area (Å²) in [5.41, 5.74) is 7.63. The molecule has 1 saturated carbocycles. The first-order valence-corrected chi connectivity index (χ1v) is 10.4. The lowest BCUT2D eigenvalue weighted by molar-refractivity contribution is -0.243. The van der Waals surface area contributed by atoms with Gasteiger partial charge in [-0.3, -0.25) is 19.2 Å². The summed E-state index contributed by atoms with van der Waals surface area (Å²) in [6.45, 7) is 6.52. The van der Waals surface area contributed by atoms with Crippen molar-refractivity contribution in [3.8, 4) is 0 Å². The number of hydrogen-bond acceptors (Lipinski definition) is 6. The summed E-state index contributed by atoms with van der Waals surface area (Å²) in [7, 11) is 0. The summed E-state index contributed by atoms with van der Waals surface area (Å²) in [5.74, 6) is -1.96. The number of carbonyl (C=O) groups is 4. The average molecular weight is 432 g/mol. The molecule has 2 saturated heterocycles. The number of hydrogen-bond donors (Lipinski definition) is 2. The van der Waals surface area contributed by atoms with E-state index in [2.05, 4.69) is 0 Å². The number of amides is 4. The first-order chi connectivity index (χ1) is 14.9. The van der Waals surface area contributed by atoms with Gasteiger partial charge < -0.3 is 11.5 Å². The van der Waals surface area contributed by atoms with E-state index >= 15 is 0 Å². The van der Waals surface area contributed by atoms with Crippen LogP contribution in [0.2, 0.25) is 0 Å². The van der Waals surface area contributed by atoms with Gasteiger partial charge in [0.15, 0.2) is 0 Å². The van der Waals surface area contributed by atoms with Crippen LogP contribution < -0.4 is 21.3 Å². The van der Waals surface area contributed by atoms with Gasteiger partial charge >= 0.3 is 0 Å². The Morgan fingerprint density at radius 2 is 0.719 bits per heavy atom. The van der Waals surface area contributed by atoms with Crippen LogP contribution in [0.5, 0.6) is 0 Å². The van der Waals surface area contributed by atoms with Gasteiger partial charge in [0.05, 0.1) is 33.0 Å². The van der Waals surface area contributed by atoms with E-state index in [4.69, 9.17) is 11.5 Å². The second-order valence-corrected chi connectivity index (χ2v) is 9.57. The van der Waals surface area contributed by atoms with Crippen LogP contribution in [0.15, 0.2) is 48.5 Å². The molecule has 8 nitrogen and oxygen atoms in total. The highest BCUT2D eigenvalue weighted by atomic mass is 16.2. The van der Waals surface area contributed by atoms with Crippen LogP contribution in [0.3, 0.4) is 0 Å². The molecule has 0 bridgehead atoms. The van der Waals surface area contributed by atoms with E-state index in [1.165, 1.54) is 0 Å². The summed E-state index contributed by atoms with van der Waals surface area (Å²) >= 11 is 0. The monoisotopic (exact) mass is 432 g/mol. The molecule has 1 aliphatic carbocycles. The van der Waals surface area contributed by atoms with Crippen LogP contribution in [0, 0.1) is 21.7 Å². The SMILES string of the molecule is CC12C(=O)N(c3ccc(N)cc3)C(=O)C1(C)C1(C)C(=O)N(c3ccc(N)cc3)C(=O)C21C. The van der Waals surface area contributed by atoms with E-state index < -0.39 is 45.3 Å². The van der Waals surface area contributed by atoms with Crippen molar-refractivity contribution in [1.29, 1.82) is 0 Å². The molecule has 5 rings (SSSR count).